The van der Waals surface area contributed by atoms with E-state index in [2.05, 4.69) is 10.4 Å². The molecule has 1 saturated carbocycles. The second-order valence-electron chi connectivity index (χ2n) is 4.99. The molecule has 0 saturated heterocycles. The molecule has 0 radical (unpaired) electrons. The summed E-state index contributed by atoms with van der Waals surface area (Å²) in [5, 5.41) is 7.11. The van der Waals surface area contributed by atoms with Crippen molar-refractivity contribution >= 4 is 5.91 Å². The van der Waals surface area contributed by atoms with Crippen molar-refractivity contribution in [3.8, 4) is 0 Å². The van der Waals surface area contributed by atoms with Crippen LogP contribution in [-0.4, -0.2) is 22.2 Å². The quantitative estimate of drug-likeness (QED) is 0.784. The predicted octanol–water partition coefficient (Wildman–Crippen LogP) is 0.555. The summed E-state index contributed by atoms with van der Waals surface area (Å²) < 4.78 is 1.73. The molecule has 1 fully saturated rings. The van der Waals surface area contributed by atoms with Gasteiger partial charge in [0.05, 0.1) is 12.2 Å². The highest BCUT2D eigenvalue weighted by Crippen LogP contribution is 2.42. The first-order valence-electron chi connectivity index (χ1n) is 6.09. The molecular weight excluding hydrogens is 216 g/mol. The van der Waals surface area contributed by atoms with Crippen LogP contribution in [0, 0.1) is 5.41 Å². The highest BCUT2D eigenvalue weighted by molar-refractivity contribution is 5.76. The zero-order valence-electron chi connectivity index (χ0n) is 10.3. The van der Waals surface area contributed by atoms with Gasteiger partial charge in [-0.3, -0.25) is 9.48 Å². The van der Waals surface area contributed by atoms with Gasteiger partial charge in [0, 0.05) is 19.7 Å². The molecule has 0 bridgehead atoms. The minimum atomic E-state index is 0.0776. The average Bonchev–Trinajstić information content (AvgIpc) is 2.67. The molecule has 5 heteroatoms. The van der Waals surface area contributed by atoms with Crippen molar-refractivity contribution in [3.05, 3.63) is 18.0 Å². The Morgan fingerprint density at radius 1 is 1.65 bits per heavy atom. The highest BCUT2D eigenvalue weighted by atomic mass is 16.1. The summed E-state index contributed by atoms with van der Waals surface area (Å²) >= 11 is 0. The molecule has 1 amide bonds. The number of aryl methyl sites for hydroxylation is 1. The fourth-order valence-electron chi connectivity index (χ4n) is 2.28. The van der Waals surface area contributed by atoms with Crippen LogP contribution < -0.4 is 11.1 Å². The molecule has 17 heavy (non-hydrogen) atoms. The van der Waals surface area contributed by atoms with Crippen LogP contribution in [0.15, 0.2) is 12.3 Å². The van der Waals surface area contributed by atoms with Crippen LogP contribution in [-0.2, 0) is 18.4 Å². The number of nitrogens with one attached hydrogen (secondary N) is 1. The molecular formula is C12H20N4O. The predicted molar refractivity (Wildman–Crippen MR) is 65.0 cm³/mol. The SMILES string of the molecule is Cn1ccc(CNC(=O)CC2(CN)CCC2)n1. The minimum Gasteiger partial charge on any atom is -0.350 e. The number of aromatic nitrogens is 2. The third-order valence-electron chi connectivity index (χ3n) is 3.62. The molecule has 0 aromatic carbocycles. The lowest BCUT2D eigenvalue weighted by Crippen LogP contribution is -2.41. The molecule has 0 spiro atoms. The molecule has 1 aliphatic carbocycles. The maximum Gasteiger partial charge on any atom is 0.220 e. The van der Waals surface area contributed by atoms with Gasteiger partial charge in [-0.1, -0.05) is 6.42 Å². The Bertz CT molecular complexity index is 389. The van der Waals surface area contributed by atoms with E-state index < -0.39 is 0 Å². The van der Waals surface area contributed by atoms with E-state index in [4.69, 9.17) is 5.73 Å². The first-order chi connectivity index (χ1) is 8.13. The van der Waals surface area contributed by atoms with Crippen LogP contribution >= 0.6 is 0 Å². The average molecular weight is 236 g/mol. The Kier molecular flexibility index (Phi) is 3.47. The topological polar surface area (TPSA) is 72.9 Å². The van der Waals surface area contributed by atoms with Crippen molar-refractivity contribution in [3.63, 3.8) is 0 Å². The number of hydrogen-bond acceptors (Lipinski definition) is 3. The first-order valence-corrected chi connectivity index (χ1v) is 6.09. The third kappa shape index (κ3) is 2.85. The smallest absolute Gasteiger partial charge is 0.220 e. The van der Waals surface area contributed by atoms with Gasteiger partial charge in [0.2, 0.25) is 5.91 Å². The monoisotopic (exact) mass is 236 g/mol. The summed E-state index contributed by atoms with van der Waals surface area (Å²) in [5.41, 5.74) is 6.70. The molecule has 0 unspecified atom stereocenters. The Morgan fingerprint density at radius 3 is 2.88 bits per heavy atom. The van der Waals surface area contributed by atoms with Gasteiger partial charge in [-0.25, -0.2) is 0 Å². The zero-order valence-corrected chi connectivity index (χ0v) is 10.3. The van der Waals surface area contributed by atoms with Crippen molar-refractivity contribution in [2.24, 2.45) is 18.2 Å². The van der Waals surface area contributed by atoms with E-state index >= 15 is 0 Å². The number of nitrogens with zero attached hydrogens (tertiary/aromatic N) is 2. The molecule has 1 aromatic heterocycles. The van der Waals surface area contributed by atoms with Crippen LogP contribution in [0.25, 0.3) is 0 Å². The van der Waals surface area contributed by atoms with E-state index in [-0.39, 0.29) is 11.3 Å². The Hall–Kier alpha value is -1.36. The second-order valence-corrected chi connectivity index (χ2v) is 4.99. The van der Waals surface area contributed by atoms with Crippen LogP contribution in [0.1, 0.15) is 31.4 Å². The number of hydrogen-bond donors (Lipinski definition) is 2. The van der Waals surface area contributed by atoms with Crippen molar-refractivity contribution < 1.29 is 4.79 Å². The Balaban J connectivity index is 1.77. The molecule has 3 N–H and O–H groups in total. The number of carbonyl (C=O) groups is 1. The highest BCUT2D eigenvalue weighted by Gasteiger charge is 2.37. The molecule has 1 aromatic rings. The molecule has 94 valence electrons. The normalized spacial score (nSPS) is 17.5. The lowest BCUT2D eigenvalue weighted by molar-refractivity contribution is -0.124. The largest absolute Gasteiger partial charge is 0.350 e. The van der Waals surface area contributed by atoms with Gasteiger partial charge in [0.25, 0.3) is 0 Å². The first kappa shape index (κ1) is 12.1. The molecule has 2 rings (SSSR count). The van der Waals surface area contributed by atoms with Crippen LogP contribution in [0.3, 0.4) is 0 Å². The standard InChI is InChI=1S/C12H20N4O/c1-16-6-3-10(15-16)8-14-11(17)7-12(9-13)4-2-5-12/h3,6H,2,4-5,7-9,13H2,1H3,(H,14,17). The number of amides is 1. The Morgan fingerprint density at radius 2 is 2.41 bits per heavy atom. The maximum atomic E-state index is 11.8. The summed E-state index contributed by atoms with van der Waals surface area (Å²) in [4.78, 5) is 11.8. The third-order valence-corrected chi connectivity index (χ3v) is 3.62. The van der Waals surface area contributed by atoms with Crippen LogP contribution in [0.5, 0.6) is 0 Å². The zero-order chi connectivity index (χ0) is 12.3. The van der Waals surface area contributed by atoms with Gasteiger partial charge in [-0.2, -0.15) is 5.10 Å². The lowest BCUT2D eigenvalue weighted by Gasteiger charge is -2.40. The Labute approximate surface area is 101 Å². The van der Waals surface area contributed by atoms with Crippen molar-refractivity contribution in [2.75, 3.05) is 6.54 Å². The van der Waals surface area contributed by atoms with Crippen molar-refractivity contribution in [2.45, 2.75) is 32.2 Å². The second kappa shape index (κ2) is 4.87. The molecule has 0 atom stereocenters. The summed E-state index contributed by atoms with van der Waals surface area (Å²) in [6.45, 7) is 1.12. The van der Waals surface area contributed by atoms with E-state index in [1.807, 2.05) is 19.3 Å². The van der Waals surface area contributed by atoms with Gasteiger partial charge in [-0.05, 0) is 30.9 Å². The van der Waals surface area contributed by atoms with Gasteiger partial charge in [0.1, 0.15) is 0 Å². The van der Waals surface area contributed by atoms with Gasteiger partial charge >= 0.3 is 0 Å². The summed E-state index contributed by atoms with van der Waals surface area (Å²) in [5.74, 6) is 0.0841. The van der Waals surface area contributed by atoms with Gasteiger partial charge < -0.3 is 11.1 Å². The number of rotatable bonds is 5. The minimum absolute atomic E-state index is 0.0776. The van der Waals surface area contributed by atoms with Crippen LogP contribution in [0.4, 0.5) is 0 Å². The molecule has 1 aliphatic rings. The van der Waals surface area contributed by atoms with Crippen LogP contribution in [0.2, 0.25) is 0 Å². The van der Waals surface area contributed by atoms with E-state index in [0.29, 0.717) is 19.5 Å². The molecule has 0 aliphatic heterocycles. The van der Waals surface area contributed by atoms with E-state index in [1.165, 1.54) is 6.42 Å². The summed E-state index contributed by atoms with van der Waals surface area (Å²) in [6, 6.07) is 1.91. The van der Waals surface area contributed by atoms with Crippen molar-refractivity contribution in [1.82, 2.24) is 15.1 Å². The van der Waals surface area contributed by atoms with Gasteiger partial charge in [-0.15, -0.1) is 0 Å². The molecule has 1 heterocycles. The van der Waals surface area contributed by atoms with E-state index in [0.717, 1.165) is 18.5 Å². The summed E-state index contributed by atoms with van der Waals surface area (Å²) in [7, 11) is 1.86. The van der Waals surface area contributed by atoms with Gasteiger partial charge in [0.15, 0.2) is 0 Å². The van der Waals surface area contributed by atoms with Crippen molar-refractivity contribution in [1.29, 1.82) is 0 Å². The number of carbonyl (C=O) groups excluding carboxylic acids is 1. The van der Waals surface area contributed by atoms with E-state index in [1.54, 1.807) is 4.68 Å². The summed E-state index contributed by atoms with van der Waals surface area (Å²) in [6.07, 6.45) is 5.79. The van der Waals surface area contributed by atoms with E-state index in [9.17, 15) is 4.79 Å². The fraction of sp³-hybridized carbons (Fsp3) is 0.667. The molecule has 5 nitrogen and oxygen atoms in total. The fourth-order valence-corrected chi connectivity index (χ4v) is 2.28. The lowest BCUT2D eigenvalue weighted by atomic mass is 9.66. The maximum absolute atomic E-state index is 11.8. The number of nitrogens with two attached hydrogens (primary N) is 1.